The summed E-state index contributed by atoms with van der Waals surface area (Å²) in [7, 11) is 3.41. The SMILES string of the molecule is COC1=NN(C)CN1c1ccccc1O. The molecule has 0 amide bonds. The molecule has 1 N–H and O–H groups in total. The molecule has 0 fully saturated rings. The topological polar surface area (TPSA) is 48.3 Å². The number of phenolic OH excluding ortho intramolecular Hbond substituents is 1. The van der Waals surface area contributed by atoms with Crippen LogP contribution in [0.1, 0.15) is 0 Å². The zero-order valence-electron chi connectivity index (χ0n) is 8.71. The number of methoxy groups -OCH3 is 1. The van der Waals surface area contributed by atoms with Crippen LogP contribution in [-0.4, -0.2) is 37.0 Å². The number of aromatic hydroxyl groups is 1. The largest absolute Gasteiger partial charge is 0.506 e. The molecule has 0 aliphatic carbocycles. The Hall–Kier alpha value is -1.91. The molecule has 15 heavy (non-hydrogen) atoms. The Balaban J connectivity index is 2.33. The highest BCUT2D eigenvalue weighted by Crippen LogP contribution is 2.28. The number of nitrogens with zero attached hydrogens (tertiary/aromatic N) is 3. The van der Waals surface area contributed by atoms with Gasteiger partial charge in [0.15, 0.2) is 0 Å². The molecule has 0 radical (unpaired) electrons. The molecular weight excluding hydrogens is 194 g/mol. The zero-order chi connectivity index (χ0) is 10.8. The fraction of sp³-hybridized carbons (Fsp3) is 0.300. The van der Waals surface area contributed by atoms with Gasteiger partial charge in [0.2, 0.25) is 0 Å². The molecule has 0 spiro atoms. The molecule has 5 heteroatoms. The quantitative estimate of drug-likeness (QED) is 0.747. The van der Waals surface area contributed by atoms with Gasteiger partial charge in [0.05, 0.1) is 12.8 Å². The predicted octanol–water partition coefficient (Wildman–Crippen LogP) is 1.02. The van der Waals surface area contributed by atoms with E-state index in [9.17, 15) is 5.11 Å². The molecule has 0 saturated carbocycles. The van der Waals surface area contributed by atoms with E-state index in [0.29, 0.717) is 18.4 Å². The van der Waals surface area contributed by atoms with Gasteiger partial charge in [-0.25, -0.2) is 0 Å². The van der Waals surface area contributed by atoms with E-state index in [1.807, 2.05) is 19.2 Å². The summed E-state index contributed by atoms with van der Waals surface area (Å²) in [6.45, 7) is 0.570. The first-order valence-electron chi connectivity index (χ1n) is 4.61. The molecule has 0 unspecified atom stereocenters. The molecule has 0 aromatic heterocycles. The van der Waals surface area contributed by atoms with Crippen molar-refractivity contribution in [1.29, 1.82) is 0 Å². The third-order valence-corrected chi connectivity index (χ3v) is 2.19. The summed E-state index contributed by atoms with van der Waals surface area (Å²) in [6, 6.07) is 7.59. The highest BCUT2D eigenvalue weighted by Gasteiger charge is 2.24. The maximum atomic E-state index is 9.70. The van der Waals surface area contributed by atoms with Crippen molar-refractivity contribution in [3.05, 3.63) is 24.3 Å². The van der Waals surface area contributed by atoms with E-state index in [1.165, 1.54) is 0 Å². The highest BCUT2D eigenvalue weighted by atomic mass is 16.5. The summed E-state index contributed by atoms with van der Waals surface area (Å²) >= 11 is 0. The smallest absolute Gasteiger partial charge is 0.315 e. The van der Waals surface area contributed by atoms with E-state index in [0.717, 1.165) is 0 Å². The number of hydrazone groups is 1. The Kier molecular flexibility index (Phi) is 2.37. The predicted molar refractivity (Wildman–Crippen MR) is 57.7 cm³/mol. The van der Waals surface area contributed by atoms with Crippen LogP contribution in [0.3, 0.4) is 0 Å². The maximum absolute atomic E-state index is 9.70. The zero-order valence-corrected chi connectivity index (χ0v) is 8.71. The van der Waals surface area contributed by atoms with Crippen molar-refractivity contribution in [2.24, 2.45) is 5.10 Å². The van der Waals surface area contributed by atoms with Crippen LogP contribution in [0.5, 0.6) is 5.75 Å². The number of hydrogen-bond acceptors (Lipinski definition) is 5. The highest BCUT2D eigenvalue weighted by molar-refractivity contribution is 5.94. The van der Waals surface area contributed by atoms with E-state index in [-0.39, 0.29) is 5.75 Å². The van der Waals surface area contributed by atoms with E-state index < -0.39 is 0 Å². The Bertz CT molecular complexity index is 392. The van der Waals surface area contributed by atoms with Gasteiger partial charge in [0.25, 0.3) is 0 Å². The second kappa shape index (κ2) is 3.68. The minimum atomic E-state index is 0.220. The van der Waals surface area contributed by atoms with Gasteiger partial charge in [-0.1, -0.05) is 12.1 Å². The van der Waals surface area contributed by atoms with Crippen molar-refractivity contribution < 1.29 is 9.84 Å². The van der Waals surface area contributed by atoms with Crippen LogP contribution in [0.2, 0.25) is 0 Å². The Labute approximate surface area is 88.2 Å². The van der Waals surface area contributed by atoms with Crippen molar-refractivity contribution in [2.45, 2.75) is 0 Å². The monoisotopic (exact) mass is 207 g/mol. The van der Waals surface area contributed by atoms with Crippen LogP contribution >= 0.6 is 0 Å². The average molecular weight is 207 g/mol. The molecule has 1 aromatic carbocycles. The third kappa shape index (κ3) is 1.68. The second-order valence-corrected chi connectivity index (χ2v) is 3.30. The minimum Gasteiger partial charge on any atom is -0.506 e. The van der Waals surface area contributed by atoms with Crippen LogP contribution in [0, 0.1) is 0 Å². The first kappa shape index (κ1) is 9.64. The number of phenols is 1. The number of amidine groups is 1. The Morgan fingerprint density at radius 2 is 2.13 bits per heavy atom. The van der Waals surface area contributed by atoms with Gasteiger partial charge in [-0.2, -0.15) is 0 Å². The summed E-state index contributed by atoms with van der Waals surface area (Å²) in [5, 5.41) is 15.6. The van der Waals surface area contributed by atoms with Gasteiger partial charge in [0.1, 0.15) is 12.4 Å². The summed E-state index contributed by atoms with van der Waals surface area (Å²) < 4.78 is 5.13. The van der Waals surface area contributed by atoms with Crippen LogP contribution in [0.25, 0.3) is 0 Å². The van der Waals surface area contributed by atoms with Crippen molar-refractivity contribution >= 4 is 11.7 Å². The van der Waals surface area contributed by atoms with Gasteiger partial charge < -0.3 is 9.84 Å². The molecule has 0 atom stereocenters. The molecule has 1 heterocycles. The number of para-hydroxylation sites is 2. The number of ether oxygens (including phenoxy) is 1. The first-order valence-corrected chi connectivity index (χ1v) is 4.61. The molecule has 1 aliphatic rings. The summed E-state index contributed by atoms with van der Waals surface area (Å²) in [6.07, 6.45) is 0. The van der Waals surface area contributed by atoms with Crippen LogP contribution < -0.4 is 4.90 Å². The normalized spacial score (nSPS) is 15.5. The van der Waals surface area contributed by atoms with Crippen LogP contribution in [0.4, 0.5) is 5.69 Å². The molecule has 2 rings (SSSR count). The maximum Gasteiger partial charge on any atom is 0.315 e. The second-order valence-electron chi connectivity index (χ2n) is 3.30. The van der Waals surface area contributed by atoms with E-state index in [2.05, 4.69) is 5.10 Å². The molecule has 0 bridgehead atoms. The Morgan fingerprint density at radius 1 is 1.40 bits per heavy atom. The fourth-order valence-electron chi connectivity index (χ4n) is 1.52. The van der Waals surface area contributed by atoms with Crippen LogP contribution in [-0.2, 0) is 4.74 Å². The van der Waals surface area contributed by atoms with Crippen molar-refractivity contribution in [2.75, 3.05) is 25.7 Å². The molecule has 80 valence electrons. The van der Waals surface area contributed by atoms with Crippen molar-refractivity contribution in [3.63, 3.8) is 0 Å². The van der Waals surface area contributed by atoms with Gasteiger partial charge in [-0.05, 0) is 12.1 Å². The lowest BCUT2D eigenvalue weighted by atomic mass is 10.3. The number of rotatable bonds is 1. The molecule has 0 saturated heterocycles. The average Bonchev–Trinajstić information content (AvgIpc) is 2.60. The van der Waals surface area contributed by atoms with E-state index in [1.54, 1.807) is 29.2 Å². The fourth-order valence-corrected chi connectivity index (χ4v) is 1.52. The number of benzene rings is 1. The van der Waals surface area contributed by atoms with Gasteiger partial charge >= 0.3 is 6.02 Å². The van der Waals surface area contributed by atoms with E-state index >= 15 is 0 Å². The standard InChI is InChI=1S/C10H13N3O2/c1-12-7-13(10(11-12)15-2)8-5-3-4-6-9(8)14/h3-6,14H,7H2,1-2H3. The lowest BCUT2D eigenvalue weighted by Gasteiger charge is -2.19. The van der Waals surface area contributed by atoms with Gasteiger partial charge in [0, 0.05) is 7.05 Å². The van der Waals surface area contributed by atoms with Crippen molar-refractivity contribution in [3.8, 4) is 5.75 Å². The molecule has 1 aliphatic heterocycles. The first-order chi connectivity index (χ1) is 7.22. The third-order valence-electron chi connectivity index (χ3n) is 2.19. The van der Waals surface area contributed by atoms with Gasteiger partial charge in [-0.3, -0.25) is 9.91 Å². The lowest BCUT2D eigenvalue weighted by Crippen LogP contribution is -2.30. The summed E-state index contributed by atoms with van der Waals surface area (Å²) in [4.78, 5) is 1.80. The summed E-state index contributed by atoms with van der Waals surface area (Å²) in [5.41, 5.74) is 0.697. The lowest BCUT2D eigenvalue weighted by molar-refractivity contribution is 0.377. The number of hydrogen-bond donors (Lipinski definition) is 1. The van der Waals surface area contributed by atoms with E-state index in [4.69, 9.17) is 4.74 Å². The summed E-state index contributed by atoms with van der Waals surface area (Å²) in [5.74, 6) is 0.220. The van der Waals surface area contributed by atoms with Gasteiger partial charge in [-0.15, -0.1) is 5.10 Å². The van der Waals surface area contributed by atoms with Crippen LogP contribution in [0.15, 0.2) is 29.4 Å². The van der Waals surface area contributed by atoms with Crippen molar-refractivity contribution in [1.82, 2.24) is 5.01 Å². The molecular formula is C10H13N3O2. The minimum absolute atomic E-state index is 0.220. The molecule has 5 nitrogen and oxygen atoms in total. The Morgan fingerprint density at radius 3 is 2.80 bits per heavy atom. The molecule has 1 aromatic rings. The number of anilines is 1.